The van der Waals surface area contributed by atoms with Crippen LogP contribution < -0.4 is 5.32 Å². The predicted molar refractivity (Wildman–Crippen MR) is 82.7 cm³/mol. The molecule has 2 N–H and O–H groups in total. The zero-order valence-corrected chi connectivity index (χ0v) is 13.1. The van der Waals surface area contributed by atoms with Crippen LogP contribution in [0.1, 0.15) is 58.6 Å². The lowest BCUT2D eigenvalue weighted by Gasteiger charge is -2.44. The van der Waals surface area contributed by atoms with E-state index in [1.54, 1.807) is 6.07 Å². The molecule has 110 valence electrons. The fourth-order valence-corrected chi connectivity index (χ4v) is 4.86. The minimum absolute atomic E-state index is 0.280. The molecule has 0 aromatic heterocycles. The highest BCUT2D eigenvalue weighted by Gasteiger charge is 2.59. The second-order valence-electron chi connectivity index (χ2n) is 7.83. The molecule has 2 aliphatic rings. The molecule has 1 aromatic carbocycles. The third kappa shape index (κ3) is 2.05. The largest absolute Gasteiger partial charge is 0.508 e. The molecule has 20 heavy (non-hydrogen) atoms. The van der Waals surface area contributed by atoms with E-state index in [1.165, 1.54) is 24.8 Å². The van der Waals surface area contributed by atoms with E-state index in [0.717, 1.165) is 5.92 Å². The van der Waals surface area contributed by atoms with Crippen LogP contribution in [0.3, 0.4) is 0 Å². The van der Waals surface area contributed by atoms with Crippen LogP contribution in [0.15, 0.2) is 24.3 Å². The highest BCUT2D eigenvalue weighted by atomic mass is 16.3. The molecule has 0 heterocycles. The molecule has 2 bridgehead atoms. The van der Waals surface area contributed by atoms with Crippen molar-refractivity contribution in [2.75, 3.05) is 0 Å². The monoisotopic (exact) mass is 273 g/mol. The number of phenols is 1. The lowest BCUT2D eigenvalue weighted by atomic mass is 9.68. The first-order valence-corrected chi connectivity index (χ1v) is 7.88. The van der Waals surface area contributed by atoms with Gasteiger partial charge in [0, 0.05) is 12.1 Å². The number of hydrogen-bond acceptors (Lipinski definition) is 2. The Labute approximate surface area is 122 Å². The number of benzene rings is 1. The summed E-state index contributed by atoms with van der Waals surface area (Å²) in [7, 11) is 0. The summed E-state index contributed by atoms with van der Waals surface area (Å²) in [5.74, 6) is 1.22. The maximum absolute atomic E-state index is 9.65. The quantitative estimate of drug-likeness (QED) is 0.862. The van der Waals surface area contributed by atoms with Crippen molar-refractivity contribution in [2.24, 2.45) is 16.7 Å². The number of fused-ring (bicyclic) bond motifs is 2. The van der Waals surface area contributed by atoms with Gasteiger partial charge in [0.25, 0.3) is 0 Å². The van der Waals surface area contributed by atoms with Crippen molar-refractivity contribution in [3.63, 3.8) is 0 Å². The van der Waals surface area contributed by atoms with E-state index >= 15 is 0 Å². The van der Waals surface area contributed by atoms with Gasteiger partial charge < -0.3 is 10.4 Å². The maximum Gasteiger partial charge on any atom is 0.115 e. The van der Waals surface area contributed by atoms with E-state index in [2.05, 4.69) is 39.1 Å². The minimum atomic E-state index is 0.280. The number of rotatable bonds is 3. The summed E-state index contributed by atoms with van der Waals surface area (Å²) >= 11 is 0. The normalized spacial score (nSPS) is 36.2. The molecule has 0 aliphatic heterocycles. The fourth-order valence-electron chi connectivity index (χ4n) is 4.86. The smallest absolute Gasteiger partial charge is 0.115 e. The van der Waals surface area contributed by atoms with Gasteiger partial charge in [0.1, 0.15) is 5.75 Å². The lowest BCUT2D eigenvalue weighted by molar-refractivity contribution is 0.100. The molecule has 2 heteroatoms. The van der Waals surface area contributed by atoms with Crippen LogP contribution in [0.25, 0.3) is 0 Å². The van der Waals surface area contributed by atoms with Gasteiger partial charge in [-0.3, -0.25) is 0 Å². The van der Waals surface area contributed by atoms with Gasteiger partial charge in [-0.2, -0.15) is 0 Å². The van der Waals surface area contributed by atoms with E-state index in [4.69, 9.17) is 0 Å². The molecular formula is C18H27NO. The van der Waals surface area contributed by atoms with Crippen LogP contribution in [-0.2, 0) is 0 Å². The summed E-state index contributed by atoms with van der Waals surface area (Å²) in [6, 6.07) is 8.48. The maximum atomic E-state index is 9.65. The second kappa shape index (κ2) is 4.49. The molecule has 0 amide bonds. The summed E-state index contributed by atoms with van der Waals surface area (Å²) in [4.78, 5) is 0. The first-order valence-electron chi connectivity index (χ1n) is 7.88. The van der Waals surface area contributed by atoms with Crippen molar-refractivity contribution in [3.8, 4) is 5.75 Å². The molecule has 4 unspecified atom stereocenters. The Morgan fingerprint density at radius 2 is 2.05 bits per heavy atom. The summed E-state index contributed by atoms with van der Waals surface area (Å²) in [5, 5.41) is 13.5. The Kier molecular flexibility index (Phi) is 3.13. The molecule has 1 aromatic rings. The minimum Gasteiger partial charge on any atom is -0.508 e. The van der Waals surface area contributed by atoms with Crippen LogP contribution in [0, 0.1) is 16.7 Å². The van der Waals surface area contributed by atoms with Crippen molar-refractivity contribution in [1.29, 1.82) is 0 Å². The first kappa shape index (κ1) is 13.9. The van der Waals surface area contributed by atoms with Crippen molar-refractivity contribution in [1.82, 2.24) is 5.32 Å². The third-order valence-electron chi connectivity index (χ3n) is 6.06. The fraction of sp³-hybridized carbons (Fsp3) is 0.667. The van der Waals surface area contributed by atoms with Crippen LogP contribution >= 0.6 is 0 Å². The Balaban J connectivity index is 1.80. The van der Waals surface area contributed by atoms with E-state index in [1.807, 2.05) is 12.1 Å². The molecular weight excluding hydrogens is 246 g/mol. The molecule has 2 nitrogen and oxygen atoms in total. The van der Waals surface area contributed by atoms with Gasteiger partial charge in [-0.25, -0.2) is 0 Å². The predicted octanol–water partition coefficient (Wildman–Crippen LogP) is 4.26. The van der Waals surface area contributed by atoms with Gasteiger partial charge >= 0.3 is 0 Å². The summed E-state index contributed by atoms with van der Waals surface area (Å²) in [6.45, 7) is 9.51. The van der Waals surface area contributed by atoms with E-state index in [-0.39, 0.29) is 6.04 Å². The molecule has 0 radical (unpaired) electrons. The number of aromatic hydroxyl groups is 1. The van der Waals surface area contributed by atoms with Gasteiger partial charge in [-0.15, -0.1) is 0 Å². The number of phenolic OH excluding ortho intramolecular Hbond substituents is 1. The highest BCUT2D eigenvalue weighted by molar-refractivity contribution is 5.29. The van der Waals surface area contributed by atoms with Crippen LogP contribution in [0.2, 0.25) is 0 Å². The molecule has 2 saturated carbocycles. The Morgan fingerprint density at radius 3 is 2.65 bits per heavy atom. The van der Waals surface area contributed by atoms with Crippen LogP contribution in [0.5, 0.6) is 5.75 Å². The van der Waals surface area contributed by atoms with Crippen molar-refractivity contribution in [2.45, 2.75) is 59.0 Å². The second-order valence-corrected chi connectivity index (χ2v) is 7.83. The van der Waals surface area contributed by atoms with Crippen molar-refractivity contribution < 1.29 is 5.11 Å². The molecule has 0 saturated heterocycles. The summed E-state index contributed by atoms with van der Waals surface area (Å²) < 4.78 is 0. The zero-order valence-electron chi connectivity index (χ0n) is 13.1. The standard InChI is InChI=1S/C18H27NO/c1-12(13-6-5-7-15(20)10-13)19-16-17(2,3)14-8-9-18(16,4)11-14/h5-7,10,12,14,16,19-20H,8-9,11H2,1-4H3. The molecule has 0 spiro atoms. The zero-order chi connectivity index (χ0) is 14.5. The summed E-state index contributed by atoms with van der Waals surface area (Å²) in [6.07, 6.45) is 4.11. The third-order valence-corrected chi connectivity index (χ3v) is 6.06. The number of hydrogen-bond donors (Lipinski definition) is 2. The van der Waals surface area contributed by atoms with Crippen LogP contribution in [-0.4, -0.2) is 11.1 Å². The average molecular weight is 273 g/mol. The van der Waals surface area contributed by atoms with Crippen molar-refractivity contribution in [3.05, 3.63) is 29.8 Å². The first-order chi connectivity index (χ1) is 9.33. The number of nitrogens with one attached hydrogen (secondary N) is 1. The Hall–Kier alpha value is -1.02. The van der Waals surface area contributed by atoms with Gasteiger partial charge in [0.05, 0.1) is 0 Å². The Bertz CT molecular complexity index is 505. The topological polar surface area (TPSA) is 32.3 Å². The van der Waals surface area contributed by atoms with Gasteiger partial charge in [-0.05, 0) is 60.6 Å². The highest BCUT2D eigenvalue weighted by Crippen LogP contribution is 2.62. The van der Waals surface area contributed by atoms with E-state index in [9.17, 15) is 5.11 Å². The average Bonchev–Trinajstić information content (AvgIpc) is 2.85. The molecule has 2 fully saturated rings. The molecule has 4 atom stereocenters. The summed E-state index contributed by atoms with van der Waals surface area (Å²) in [5.41, 5.74) is 1.99. The van der Waals surface area contributed by atoms with Crippen LogP contribution in [0.4, 0.5) is 0 Å². The molecule has 2 aliphatic carbocycles. The Morgan fingerprint density at radius 1 is 1.30 bits per heavy atom. The van der Waals surface area contributed by atoms with Gasteiger partial charge in [0.2, 0.25) is 0 Å². The van der Waals surface area contributed by atoms with Gasteiger partial charge in [-0.1, -0.05) is 32.9 Å². The SMILES string of the molecule is CC(NC1C2(C)CCC(C2)C1(C)C)c1cccc(O)c1. The van der Waals surface area contributed by atoms with E-state index < -0.39 is 0 Å². The van der Waals surface area contributed by atoms with Gasteiger partial charge in [0.15, 0.2) is 0 Å². The lowest BCUT2D eigenvalue weighted by Crippen LogP contribution is -2.50. The van der Waals surface area contributed by atoms with Crippen molar-refractivity contribution >= 4 is 0 Å². The van der Waals surface area contributed by atoms with E-state index in [0.29, 0.717) is 22.6 Å². The molecule has 3 rings (SSSR count).